The van der Waals surface area contributed by atoms with Crippen LogP contribution in [0.3, 0.4) is 0 Å². The fraction of sp³-hybridized carbons (Fsp3) is 0.607. The number of aryl methyl sites for hydroxylation is 1. The van der Waals surface area contributed by atoms with Crippen molar-refractivity contribution in [3.05, 3.63) is 47.9 Å². The smallest absolute Gasteiger partial charge is 0.414 e. The Labute approximate surface area is 214 Å². The number of benzene rings is 1. The molecule has 194 valence electrons. The summed E-state index contributed by atoms with van der Waals surface area (Å²) in [5.74, 6) is 2.17. The van der Waals surface area contributed by atoms with Crippen molar-refractivity contribution in [2.45, 2.75) is 77.6 Å². The van der Waals surface area contributed by atoms with E-state index in [1.807, 2.05) is 27.0 Å². The molecule has 1 aromatic heterocycles. The molecule has 36 heavy (non-hydrogen) atoms. The monoisotopic (exact) mass is 493 g/mol. The minimum atomic E-state index is -0.521. The highest BCUT2D eigenvalue weighted by Crippen LogP contribution is 2.55. The Morgan fingerprint density at radius 2 is 2.00 bits per heavy atom. The van der Waals surface area contributed by atoms with E-state index in [2.05, 4.69) is 46.8 Å². The van der Waals surface area contributed by atoms with Gasteiger partial charge in [-0.25, -0.2) is 14.5 Å². The van der Waals surface area contributed by atoms with Gasteiger partial charge in [-0.3, -0.25) is 9.80 Å². The molecule has 8 heteroatoms. The number of morpholine rings is 1. The van der Waals surface area contributed by atoms with Crippen LogP contribution in [-0.2, 0) is 22.6 Å². The van der Waals surface area contributed by atoms with Crippen molar-refractivity contribution in [3.8, 4) is 11.4 Å². The quantitative estimate of drug-likeness (QED) is 0.491. The van der Waals surface area contributed by atoms with Crippen molar-refractivity contribution in [1.82, 2.24) is 24.6 Å². The molecule has 1 aromatic carbocycles. The van der Waals surface area contributed by atoms with Gasteiger partial charge in [0.1, 0.15) is 11.4 Å². The number of rotatable bonds is 8. The highest BCUT2D eigenvalue weighted by Gasteiger charge is 2.60. The maximum absolute atomic E-state index is 12.8. The zero-order chi connectivity index (χ0) is 25.3. The summed E-state index contributed by atoms with van der Waals surface area (Å²) in [4.78, 5) is 22.0. The van der Waals surface area contributed by atoms with Gasteiger partial charge in [0, 0.05) is 49.8 Å². The summed E-state index contributed by atoms with van der Waals surface area (Å²) in [6, 6.07) is 8.65. The van der Waals surface area contributed by atoms with Crippen LogP contribution < -0.4 is 0 Å². The van der Waals surface area contributed by atoms with Crippen molar-refractivity contribution < 1.29 is 14.3 Å². The third kappa shape index (κ3) is 5.49. The molecule has 0 radical (unpaired) electrons. The molecular formula is C28H39N5O3. The minimum absolute atomic E-state index is 0.0643. The van der Waals surface area contributed by atoms with Crippen molar-refractivity contribution in [1.29, 1.82) is 0 Å². The zero-order valence-electron chi connectivity index (χ0n) is 22.0. The van der Waals surface area contributed by atoms with Crippen LogP contribution in [0.15, 0.2) is 36.5 Å². The van der Waals surface area contributed by atoms with Gasteiger partial charge >= 0.3 is 6.09 Å². The maximum Gasteiger partial charge on any atom is 0.414 e. The highest BCUT2D eigenvalue weighted by molar-refractivity contribution is 5.72. The number of ether oxygens (including phenoxy) is 2. The first-order valence-electron chi connectivity index (χ1n) is 13.4. The lowest BCUT2D eigenvalue weighted by molar-refractivity contribution is 0.0325. The normalized spacial score (nSPS) is 23.7. The Kier molecular flexibility index (Phi) is 7.17. The molecule has 3 atom stereocenters. The Bertz CT molecular complexity index is 1100. The first-order chi connectivity index (χ1) is 17.3. The van der Waals surface area contributed by atoms with E-state index in [9.17, 15) is 4.79 Å². The average Bonchev–Trinajstić information content (AvgIpc) is 3.17. The van der Waals surface area contributed by atoms with Crippen LogP contribution in [-0.4, -0.2) is 68.6 Å². The van der Waals surface area contributed by atoms with Crippen LogP contribution in [0.4, 0.5) is 4.79 Å². The molecular weight excluding hydrogens is 454 g/mol. The molecule has 3 aliphatic rings. The van der Waals surface area contributed by atoms with E-state index >= 15 is 0 Å². The van der Waals surface area contributed by atoms with Crippen LogP contribution in [0.25, 0.3) is 11.4 Å². The number of nitrogens with zero attached hydrogens (tertiary/aromatic N) is 5. The topological polar surface area (TPSA) is 72.7 Å². The van der Waals surface area contributed by atoms with Crippen LogP contribution in [0.1, 0.15) is 64.3 Å². The van der Waals surface area contributed by atoms with Crippen molar-refractivity contribution >= 4 is 6.09 Å². The van der Waals surface area contributed by atoms with E-state index in [0.717, 1.165) is 75.9 Å². The van der Waals surface area contributed by atoms with E-state index in [4.69, 9.17) is 19.6 Å². The Morgan fingerprint density at radius 3 is 2.75 bits per heavy atom. The first kappa shape index (κ1) is 25.0. The third-order valence-corrected chi connectivity index (χ3v) is 7.10. The van der Waals surface area contributed by atoms with E-state index in [1.54, 1.807) is 4.90 Å². The van der Waals surface area contributed by atoms with Gasteiger partial charge in [0.05, 0.1) is 19.3 Å². The van der Waals surface area contributed by atoms with Gasteiger partial charge in [-0.2, -0.15) is 5.10 Å². The molecule has 3 heterocycles. The Balaban J connectivity index is 1.36. The second kappa shape index (κ2) is 10.3. The number of carbonyl (C=O) groups excluding carboxylic acids is 1. The fourth-order valence-corrected chi connectivity index (χ4v) is 5.25. The summed E-state index contributed by atoms with van der Waals surface area (Å²) in [5, 5.41) is 4.97. The molecule has 0 bridgehead atoms. The number of aromatic nitrogens is 3. The molecule has 8 nitrogen and oxygen atoms in total. The lowest BCUT2D eigenvalue weighted by Crippen LogP contribution is -2.35. The minimum Gasteiger partial charge on any atom is -0.443 e. The van der Waals surface area contributed by atoms with Crippen LogP contribution in [0.2, 0.25) is 0 Å². The highest BCUT2D eigenvalue weighted by atomic mass is 16.6. The number of hydrogen-bond acceptors (Lipinski definition) is 6. The number of unbranched alkanes of at least 4 members (excludes halogenated alkanes) is 2. The van der Waals surface area contributed by atoms with E-state index < -0.39 is 5.60 Å². The fourth-order valence-electron chi connectivity index (χ4n) is 5.25. The number of amides is 1. The molecule has 1 saturated carbocycles. The van der Waals surface area contributed by atoms with Crippen molar-refractivity contribution in [2.24, 2.45) is 5.92 Å². The number of fused-ring (bicyclic) bond motifs is 1. The molecule has 5 rings (SSSR count). The third-order valence-electron chi connectivity index (χ3n) is 7.10. The SMILES string of the molecule is CCCCCn1nc(-c2cccc(CN3CCOCC3)c2)nc1[C@@H]1[C@H]2C=CN(C(=O)OC(C)(C)C)[C@H]21. The lowest BCUT2D eigenvalue weighted by atomic mass is 10.1. The summed E-state index contributed by atoms with van der Waals surface area (Å²) >= 11 is 0. The number of carbonyl (C=O) groups is 1. The summed E-state index contributed by atoms with van der Waals surface area (Å²) in [6.07, 6.45) is 7.08. The van der Waals surface area contributed by atoms with E-state index in [1.165, 1.54) is 5.56 Å². The van der Waals surface area contributed by atoms with Gasteiger partial charge in [0.2, 0.25) is 0 Å². The van der Waals surface area contributed by atoms with Crippen molar-refractivity contribution in [2.75, 3.05) is 26.3 Å². The Morgan fingerprint density at radius 1 is 1.19 bits per heavy atom. The molecule has 0 unspecified atom stereocenters. The maximum atomic E-state index is 12.8. The van der Waals surface area contributed by atoms with Gasteiger partial charge in [-0.05, 0) is 38.8 Å². The van der Waals surface area contributed by atoms with Gasteiger partial charge < -0.3 is 9.47 Å². The second-order valence-electron chi connectivity index (χ2n) is 11.1. The van der Waals surface area contributed by atoms with Crippen molar-refractivity contribution in [3.63, 3.8) is 0 Å². The molecule has 1 amide bonds. The second-order valence-corrected chi connectivity index (χ2v) is 11.1. The summed E-state index contributed by atoms with van der Waals surface area (Å²) in [7, 11) is 0. The van der Waals surface area contributed by atoms with Gasteiger partial charge in [0.15, 0.2) is 5.82 Å². The predicted molar refractivity (Wildman–Crippen MR) is 138 cm³/mol. The van der Waals surface area contributed by atoms with Crippen LogP contribution in [0.5, 0.6) is 0 Å². The molecule has 1 saturated heterocycles. The van der Waals surface area contributed by atoms with Gasteiger partial charge in [0.25, 0.3) is 0 Å². The van der Waals surface area contributed by atoms with Gasteiger partial charge in [-0.1, -0.05) is 44.0 Å². The molecule has 2 aromatic rings. The summed E-state index contributed by atoms with van der Waals surface area (Å²) in [5.41, 5.74) is 1.79. The largest absolute Gasteiger partial charge is 0.443 e. The van der Waals surface area contributed by atoms with Crippen LogP contribution >= 0.6 is 0 Å². The predicted octanol–water partition coefficient (Wildman–Crippen LogP) is 4.81. The average molecular weight is 494 g/mol. The van der Waals surface area contributed by atoms with Gasteiger partial charge in [-0.15, -0.1) is 0 Å². The zero-order valence-corrected chi connectivity index (χ0v) is 22.0. The van der Waals surface area contributed by atoms with E-state index in [-0.39, 0.29) is 24.0 Å². The first-order valence-corrected chi connectivity index (χ1v) is 13.4. The molecule has 2 aliphatic heterocycles. The molecule has 2 fully saturated rings. The lowest BCUT2D eigenvalue weighted by Gasteiger charge is -2.26. The number of hydrogen-bond donors (Lipinski definition) is 0. The van der Waals surface area contributed by atoms with Crippen LogP contribution in [0, 0.1) is 5.92 Å². The molecule has 0 N–H and O–H groups in total. The molecule has 0 spiro atoms. The molecule has 1 aliphatic carbocycles. The summed E-state index contributed by atoms with van der Waals surface area (Å²) in [6.45, 7) is 13.2. The Hall–Kier alpha value is -2.71. The van der Waals surface area contributed by atoms with E-state index in [0.29, 0.717) is 0 Å². The summed E-state index contributed by atoms with van der Waals surface area (Å²) < 4.78 is 13.2. The standard InChI is InChI=1S/C28H39N5O3/c1-5-6-7-12-33-26(23-22-11-13-32(24(22)23)27(34)36-28(2,3)4)29-25(30-33)21-10-8-9-20(18-21)19-31-14-16-35-17-15-31/h8-11,13,18,22-24H,5-7,12,14-17,19H2,1-4H3/t22-,23-,24-/m1/s1.